The second-order valence-electron chi connectivity index (χ2n) is 6.44. The number of carbonyl (C=O) groups is 2. The molecule has 2 heterocycles. The Bertz CT molecular complexity index is 1010. The van der Waals surface area contributed by atoms with Crippen LogP contribution in [-0.4, -0.2) is 40.8 Å². The summed E-state index contributed by atoms with van der Waals surface area (Å²) in [7, 11) is 0. The number of hydrogen-bond donors (Lipinski definition) is 1. The number of aromatic nitrogens is 2. The molecule has 1 aromatic carbocycles. The van der Waals surface area contributed by atoms with Gasteiger partial charge in [0.05, 0.1) is 34.4 Å². The van der Waals surface area contributed by atoms with Gasteiger partial charge in [-0.1, -0.05) is 30.1 Å². The van der Waals surface area contributed by atoms with E-state index in [0.717, 1.165) is 5.69 Å². The number of hydrazone groups is 1. The van der Waals surface area contributed by atoms with Crippen LogP contribution in [0.2, 0.25) is 10.0 Å². The number of benzene rings is 1. The minimum absolute atomic E-state index is 0.00361. The summed E-state index contributed by atoms with van der Waals surface area (Å²) in [6.45, 7) is 4.54. The van der Waals surface area contributed by atoms with E-state index in [9.17, 15) is 9.59 Å². The molecule has 156 valence electrons. The maximum atomic E-state index is 12.5. The molecule has 0 fully saturated rings. The number of hydrogen-bond acceptors (Lipinski definition) is 7. The minimum atomic E-state index is -0.484. The van der Waals surface area contributed by atoms with Gasteiger partial charge in [-0.25, -0.2) is 14.8 Å². The van der Waals surface area contributed by atoms with E-state index in [1.807, 2.05) is 13.0 Å². The van der Waals surface area contributed by atoms with Gasteiger partial charge in [0.2, 0.25) is 0 Å². The Morgan fingerprint density at radius 2 is 2.00 bits per heavy atom. The first-order chi connectivity index (χ1) is 14.4. The molecule has 3 rings (SSSR count). The van der Waals surface area contributed by atoms with Crippen molar-refractivity contribution in [2.75, 3.05) is 18.2 Å². The molecule has 1 unspecified atom stereocenters. The van der Waals surface area contributed by atoms with Gasteiger partial charge < -0.3 is 10.1 Å². The summed E-state index contributed by atoms with van der Waals surface area (Å²) in [5, 5.41) is 9.92. The number of ether oxygens (including phenoxy) is 1. The molecule has 1 atom stereocenters. The van der Waals surface area contributed by atoms with E-state index in [1.54, 1.807) is 24.1 Å². The molecule has 30 heavy (non-hydrogen) atoms. The van der Waals surface area contributed by atoms with Crippen LogP contribution in [0.1, 0.15) is 30.0 Å². The Kier molecular flexibility index (Phi) is 7.02. The third kappa shape index (κ3) is 5.34. The lowest BCUT2D eigenvalue weighted by Crippen LogP contribution is -2.33. The molecule has 0 saturated heterocycles. The highest BCUT2D eigenvalue weighted by molar-refractivity contribution is 6.42. The minimum Gasteiger partial charge on any atom is -0.463 e. The number of amides is 1. The third-order valence-electron chi connectivity index (χ3n) is 4.17. The normalized spacial score (nSPS) is 15.9. The largest absolute Gasteiger partial charge is 0.463 e. The Balaban J connectivity index is 1.66. The molecule has 2 aromatic rings. The van der Waals surface area contributed by atoms with Crippen molar-refractivity contribution in [2.24, 2.45) is 11.0 Å². The maximum Gasteiger partial charge on any atom is 0.330 e. The highest BCUT2D eigenvalue weighted by atomic mass is 35.5. The van der Waals surface area contributed by atoms with Crippen LogP contribution in [-0.2, 0) is 9.53 Å². The van der Waals surface area contributed by atoms with E-state index in [4.69, 9.17) is 27.9 Å². The molecule has 1 amide bonds. The van der Waals surface area contributed by atoms with E-state index < -0.39 is 5.97 Å². The van der Waals surface area contributed by atoms with Gasteiger partial charge in [0.15, 0.2) is 5.82 Å². The molecule has 0 spiro atoms. The van der Waals surface area contributed by atoms with Gasteiger partial charge in [-0.15, -0.1) is 0 Å². The average molecular weight is 448 g/mol. The zero-order valence-corrected chi connectivity index (χ0v) is 17.8. The smallest absolute Gasteiger partial charge is 0.330 e. The van der Waals surface area contributed by atoms with Crippen molar-refractivity contribution < 1.29 is 14.3 Å². The molecule has 1 N–H and O–H groups in total. The summed E-state index contributed by atoms with van der Waals surface area (Å²) in [4.78, 5) is 32.0. The summed E-state index contributed by atoms with van der Waals surface area (Å²) in [5.74, 6) is -0.0503. The summed E-state index contributed by atoms with van der Waals surface area (Å²) in [6.07, 6.45) is 5.40. The number of carbonyl (C=O) groups excluding carboxylic acids is 2. The van der Waals surface area contributed by atoms with E-state index >= 15 is 0 Å². The zero-order chi connectivity index (χ0) is 21.7. The fourth-order valence-corrected chi connectivity index (χ4v) is 2.93. The van der Waals surface area contributed by atoms with Crippen LogP contribution >= 0.6 is 23.2 Å². The third-order valence-corrected chi connectivity index (χ3v) is 4.91. The molecule has 1 aliphatic heterocycles. The fourth-order valence-electron chi connectivity index (χ4n) is 2.64. The molecule has 0 saturated carbocycles. The van der Waals surface area contributed by atoms with E-state index in [2.05, 4.69) is 20.4 Å². The van der Waals surface area contributed by atoms with Gasteiger partial charge in [0, 0.05) is 24.4 Å². The van der Waals surface area contributed by atoms with Gasteiger partial charge in [0.1, 0.15) is 5.84 Å². The first-order valence-corrected chi connectivity index (χ1v) is 9.92. The predicted octanol–water partition coefficient (Wildman–Crippen LogP) is 3.56. The van der Waals surface area contributed by atoms with Crippen LogP contribution in [0, 0.1) is 5.92 Å². The van der Waals surface area contributed by atoms with Crippen molar-refractivity contribution in [3.63, 3.8) is 0 Å². The van der Waals surface area contributed by atoms with Gasteiger partial charge in [-0.05, 0) is 31.2 Å². The molecule has 0 radical (unpaired) electrons. The highest BCUT2D eigenvalue weighted by Crippen LogP contribution is 2.29. The molecule has 8 nitrogen and oxygen atoms in total. The van der Waals surface area contributed by atoms with Gasteiger partial charge in [-0.2, -0.15) is 5.10 Å². The van der Waals surface area contributed by atoms with Crippen LogP contribution in [0.3, 0.4) is 0 Å². The number of nitrogens with zero attached hydrogens (tertiary/aromatic N) is 4. The lowest BCUT2D eigenvalue weighted by atomic mass is 10.1. The molecule has 0 aliphatic carbocycles. The molecular weight excluding hydrogens is 429 g/mol. The van der Waals surface area contributed by atoms with E-state index in [1.165, 1.54) is 24.5 Å². The molecule has 1 aromatic heterocycles. The Labute approximate surface area is 183 Å². The van der Waals surface area contributed by atoms with E-state index in [-0.39, 0.29) is 29.8 Å². The standard InChI is InChI=1S/C20H19Cl2N5O3/c1-3-30-18(28)7-6-17-23-9-13(10-24-17)20(29)25-19-12(2)11-27(26-19)14-4-5-15(21)16(22)8-14/h4-10,12H,3,11H2,1-2H3,(H,25,26,29)/b7-6+. The van der Waals surface area contributed by atoms with E-state index in [0.29, 0.717) is 22.4 Å². The lowest BCUT2D eigenvalue weighted by Gasteiger charge is -2.14. The van der Waals surface area contributed by atoms with Gasteiger partial charge in [-0.3, -0.25) is 9.80 Å². The monoisotopic (exact) mass is 447 g/mol. The number of rotatable bonds is 5. The first kappa shape index (κ1) is 21.7. The number of anilines is 1. The fraction of sp³-hybridized carbons (Fsp3) is 0.250. The summed E-state index contributed by atoms with van der Waals surface area (Å²) in [5.41, 5.74) is 1.05. The average Bonchev–Trinajstić information content (AvgIpc) is 3.09. The summed E-state index contributed by atoms with van der Waals surface area (Å²) < 4.78 is 4.79. The SMILES string of the molecule is CCOC(=O)/C=C/c1ncc(C(=O)NC2=NN(c3ccc(Cl)c(Cl)c3)CC2C)cn1. The van der Waals surface area contributed by atoms with Crippen LogP contribution in [0.25, 0.3) is 6.08 Å². The predicted molar refractivity (Wildman–Crippen MR) is 116 cm³/mol. The van der Waals surface area contributed by atoms with Gasteiger partial charge in [0.25, 0.3) is 5.91 Å². The van der Waals surface area contributed by atoms with Crippen molar-refractivity contribution in [3.05, 3.63) is 58.1 Å². The second kappa shape index (κ2) is 9.69. The second-order valence-corrected chi connectivity index (χ2v) is 7.25. The first-order valence-electron chi connectivity index (χ1n) is 9.16. The van der Waals surface area contributed by atoms with Crippen LogP contribution in [0.15, 0.2) is 41.8 Å². The maximum absolute atomic E-state index is 12.5. The van der Waals surface area contributed by atoms with Crippen molar-refractivity contribution in [1.29, 1.82) is 0 Å². The number of esters is 1. The molecular formula is C20H19Cl2N5O3. The van der Waals surface area contributed by atoms with Crippen LogP contribution < -0.4 is 10.3 Å². The zero-order valence-electron chi connectivity index (χ0n) is 16.3. The number of amidine groups is 1. The summed E-state index contributed by atoms with van der Waals surface area (Å²) >= 11 is 12.0. The molecule has 0 bridgehead atoms. The highest BCUT2D eigenvalue weighted by Gasteiger charge is 2.26. The number of halogens is 2. The van der Waals surface area contributed by atoms with Crippen molar-refractivity contribution in [3.8, 4) is 0 Å². The van der Waals surface area contributed by atoms with Crippen molar-refractivity contribution in [1.82, 2.24) is 15.3 Å². The Hall–Kier alpha value is -2.97. The van der Waals surface area contributed by atoms with Gasteiger partial charge >= 0.3 is 5.97 Å². The van der Waals surface area contributed by atoms with Crippen LogP contribution in [0.5, 0.6) is 0 Å². The molecule has 10 heteroatoms. The Morgan fingerprint density at radius 3 is 2.67 bits per heavy atom. The summed E-state index contributed by atoms with van der Waals surface area (Å²) in [6, 6.07) is 5.23. The van der Waals surface area contributed by atoms with Crippen molar-refractivity contribution in [2.45, 2.75) is 13.8 Å². The number of nitrogens with one attached hydrogen (secondary N) is 1. The van der Waals surface area contributed by atoms with Crippen molar-refractivity contribution >= 4 is 52.7 Å². The molecule has 1 aliphatic rings. The Morgan fingerprint density at radius 1 is 1.27 bits per heavy atom. The van der Waals surface area contributed by atoms with Crippen LogP contribution in [0.4, 0.5) is 5.69 Å². The lowest BCUT2D eigenvalue weighted by molar-refractivity contribution is -0.137. The topological polar surface area (TPSA) is 96.8 Å². The quantitative estimate of drug-likeness (QED) is 0.555.